The van der Waals surface area contributed by atoms with Crippen molar-refractivity contribution < 1.29 is 22.3 Å². The van der Waals surface area contributed by atoms with E-state index in [0.29, 0.717) is 0 Å². The molecular formula is C38H49N2O4S+. The molecule has 2 aromatic rings. The van der Waals surface area contributed by atoms with E-state index in [1.807, 2.05) is 6.07 Å². The van der Waals surface area contributed by atoms with E-state index in [2.05, 4.69) is 81.4 Å². The second-order valence-corrected chi connectivity index (χ2v) is 16.1. The van der Waals surface area contributed by atoms with Crippen molar-refractivity contribution in [3.05, 3.63) is 76.6 Å². The number of ether oxygens (including phenoxy) is 1. The largest absolute Gasteiger partial charge is 0.460 e. The van der Waals surface area contributed by atoms with E-state index in [4.69, 9.17) is 4.74 Å². The van der Waals surface area contributed by atoms with Crippen LogP contribution in [0.5, 0.6) is 5.75 Å². The molecule has 4 heterocycles. The first kappa shape index (κ1) is 31.8. The lowest BCUT2D eigenvalue weighted by Crippen LogP contribution is -2.35. The summed E-state index contributed by atoms with van der Waals surface area (Å²) in [6, 6.07) is 7.39. The Balaban J connectivity index is 1.44. The maximum Gasteiger partial charge on any atom is 0.294 e. The highest BCUT2D eigenvalue weighted by Gasteiger charge is 2.45. The third-order valence-electron chi connectivity index (χ3n) is 9.95. The molecule has 0 unspecified atom stereocenters. The molecule has 1 N–H and O–H groups in total. The zero-order valence-corrected chi connectivity index (χ0v) is 28.7. The molecule has 0 aliphatic carbocycles. The molecule has 0 aromatic heterocycles. The number of anilines is 1. The molecule has 6 nitrogen and oxygen atoms in total. The van der Waals surface area contributed by atoms with Crippen LogP contribution in [0.1, 0.15) is 102 Å². The predicted octanol–water partition coefficient (Wildman–Crippen LogP) is 8.55. The van der Waals surface area contributed by atoms with Gasteiger partial charge >= 0.3 is 0 Å². The van der Waals surface area contributed by atoms with E-state index in [0.717, 1.165) is 85.8 Å². The lowest BCUT2D eigenvalue weighted by molar-refractivity contribution is -0.438. The van der Waals surface area contributed by atoms with Crippen LogP contribution in [-0.2, 0) is 28.4 Å². The van der Waals surface area contributed by atoms with Crippen molar-refractivity contribution >= 4 is 32.8 Å². The summed E-state index contributed by atoms with van der Waals surface area (Å²) in [6.07, 6.45) is 17.8. The topological polar surface area (TPSA) is 69.8 Å². The number of aryl methyl sites for hydroxylation is 1. The standard InChI is InChI=1S/C38H48N2O4S/c1-7-8-9-10-22-40-32-19-18-28(45(41,42)43)25-31(32)38(5,6)33(40)17-11-14-26-24-34(37(2,3)4)44-36-29-16-13-21-39-20-12-15-27(35(29)39)23-30(26)36/h11,14,17-19,23-25H,7-10,12-13,15-16,20-22H2,1-6H3/p+1. The molecule has 0 bridgehead atoms. The first-order valence-corrected chi connectivity index (χ1v) is 18.2. The van der Waals surface area contributed by atoms with Crippen LogP contribution < -0.4 is 9.64 Å². The van der Waals surface area contributed by atoms with Crippen LogP contribution in [0.2, 0.25) is 0 Å². The molecule has 6 rings (SSSR count). The van der Waals surface area contributed by atoms with Crippen molar-refractivity contribution in [2.24, 2.45) is 5.41 Å². The Bertz CT molecular complexity index is 1750. The van der Waals surface area contributed by atoms with Gasteiger partial charge in [-0.1, -0.05) is 52.7 Å². The monoisotopic (exact) mass is 629 g/mol. The van der Waals surface area contributed by atoms with Crippen molar-refractivity contribution in [3.8, 4) is 5.75 Å². The van der Waals surface area contributed by atoms with Gasteiger partial charge in [0.05, 0.1) is 10.3 Å². The average Bonchev–Trinajstić information content (AvgIpc) is 3.19. The van der Waals surface area contributed by atoms with E-state index in [-0.39, 0.29) is 10.3 Å². The van der Waals surface area contributed by atoms with Crippen LogP contribution in [0.3, 0.4) is 0 Å². The highest BCUT2D eigenvalue weighted by molar-refractivity contribution is 7.85. The van der Waals surface area contributed by atoms with Gasteiger partial charge < -0.3 is 9.64 Å². The van der Waals surface area contributed by atoms with Crippen LogP contribution >= 0.6 is 0 Å². The molecule has 0 saturated carbocycles. The number of hydrogen-bond donors (Lipinski definition) is 1. The molecule has 2 aromatic carbocycles. The van der Waals surface area contributed by atoms with Gasteiger partial charge in [-0.3, -0.25) is 4.55 Å². The van der Waals surface area contributed by atoms with Gasteiger partial charge in [-0.2, -0.15) is 13.0 Å². The highest BCUT2D eigenvalue weighted by Crippen LogP contribution is 2.49. The van der Waals surface area contributed by atoms with Crippen molar-refractivity contribution in [1.82, 2.24) is 0 Å². The van der Waals surface area contributed by atoms with E-state index in [1.165, 1.54) is 47.7 Å². The van der Waals surface area contributed by atoms with Gasteiger partial charge in [0.15, 0.2) is 5.71 Å². The van der Waals surface area contributed by atoms with E-state index in [9.17, 15) is 13.0 Å². The van der Waals surface area contributed by atoms with E-state index in [1.54, 1.807) is 6.07 Å². The van der Waals surface area contributed by atoms with Gasteiger partial charge in [0.1, 0.15) is 18.1 Å². The van der Waals surface area contributed by atoms with Gasteiger partial charge in [0.2, 0.25) is 5.69 Å². The summed E-state index contributed by atoms with van der Waals surface area (Å²) < 4.78 is 43.0. The number of rotatable bonds is 8. The summed E-state index contributed by atoms with van der Waals surface area (Å²) in [6.45, 7) is 16.2. The summed E-state index contributed by atoms with van der Waals surface area (Å²) in [5.74, 6) is 2.01. The number of nitrogens with zero attached hydrogens (tertiary/aromatic N) is 2. The summed E-state index contributed by atoms with van der Waals surface area (Å²) in [7, 11) is -4.30. The molecule has 0 fully saturated rings. The Morgan fingerprint density at radius 3 is 2.53 bits per heavy atom. The van der Waals surface area contributed by atoms with Crippen LogP contribution in [0.4, 0.5) is 11.4 Å². The summed E-state index contributed by atoms with van der Waals surface area (Å²) in [5, 5.41) is 0. The number of benzene rings is 2. The molecule has 4 aliphatic rings. The smallest absolute Gasteiger partial charge is 0.294 e. The van der Waals surface area contributed by atoms with Crippen LogP contribution in [-0.4, -0.2) is 42.9 Å². The maximum atomic E-state index is 12.0. The summed E-state index contributed by atoms with van der Waals surface area (Å²) >= 11 is 0. The zero-order valence-electron chi connectivity index (χ0n) is 27.9. The Morgan fingerprint density at radius 1 is 1.07 bits per heavy atom. The maximum absolute atomic E-state index is 12.0. The summed E-state index contributed by atoms with van der Waals surface area (Å²) in [5.41, 5.74) is 9.05. The molecular weight excluding hydrogens is 580 g/mol. The van der Waals surface area contributed by atoms with E-state index >= 15 is 0 Å². The molecule has 0 saturated heterocycles. The zero-order chi connectivity index (χ0) is 32.1. The van der Waals surface area contributed by atoms with E-state index < -0.39 is 15.5 Å². The fourth-order valence-electron chi connectivity index (χ4n) is 7.52. The predicted molar refractivity (Wildman–Crippen MR) is 184 cm³/mol. The molecule has 0 radical (unpaired) electrons. The second kappa shape index (κ2) is 11.9. The number of unbranched alkanes of at least 4 members (excludes halogenated alkanes) is 3. The molecule has 0 atom stereocenters. The Hall–Kier alpha value is -3.16. The number of fused-ring (bicyclic) bond motifs is 3. The molecule has 45 heavy (non-hydrogen) atoms. The molecule has 7 heteroatoms. The van der Waals surface area contributed by atoms with Crippen molar-refractivity contribution in [1.29, 1.82) is 0 Å². The summed E-state index contributed by atoms with van der Waals surface area (Å²) in [4.78, 5) is 2.51. The van der Waals surface area contributed by atoms with Gasteiger partial charge in [-0.15, -0.1) is 0 Å². The van der Waals surface area contributed by atoms with Crippen molar-refractivity contribution in [2.45, 2.75) is 103 Å². The quantitative estimate of drug-likeness (QED) is 0.180. The van der Waals surface area contributed by atoms with Crippen LogP contribution in [0.25, 0.3) is 5.57 Å². The van der Waals surface area contributed by atoms with Crippen molar-refractivity contribution in [2.75, 3.05) is 24.5 Å². The SMILES string of the molecule is CCCCCC[N+]1=C(/C=C/C=C2\C=C(C(C)(C)C)Oc3c2cc2c4c3CCCN4CCC2)C(C)(C)c2cc(S(=O)(=O)O)ccc21. The highest BCUT2D eigenvalue weighted by atomic mass is 32.2. The molecule has 4 aliphatic heterocycles. The fraction of sp³-hybridized carbons (Fsp3) is 0.500. The number of allylic oxidation sites excluding steroid dienone is 6. The Kier molecular flexibility index (Phi) is 8.40. The Morgan fingerprint density at radius 2 is 1.82 bits per heavy atom. The molecule has 0 amide bonds. The fourth-order valence-corrected chi connectivity index (χ4v) is 8.03. The third kappa shape index (κ3) is 5.94. The van der Waals surface area contributed by atoms with Gasteiger partial charge in [-0.25, -0.2) is 0 Å². The first-order valence-electron chi connectivity index (χ1n) is 16.8. The average molecular weight is 630 g/mol. The molecule has 240 valence electrons. The lowest BCUT2D eigenvalue weighted by Gasteiger charge is -2.40. The minimum Gasteiger partial charge on any atom is -0.460 e. The van der Waals surface area contributed by atoms with Crippen LogP contribution in [0.15, 0.2) is 59.2 Å². The van der Waals surface area contributed by atoms with Crippen LogP contribution in [0, 0.1) is 5.41 Å². The minimum absolute atomic E-state index is 0.0582. The Labute approximate surface area is 269 Å². The normalized spacial score (nSPS) is 19.8. The molecule has 0 spiro atoms. The van der Waals surface area contributed by atoms with Gasteiger partial charge in [-0.05, 0) is 81.4 Å². The third-order valence-corrected chi connectivity index (χ3v) is 10.8. The first-order chi connectivity index (χ1) is 21.3. The van der Waals surface area contributed by atoms with Gasteiger partial charge in [0, 0.05) is 59.4 Å². The second-order valence-electron chi connectivity index (χ2n) is 14.7. The van der Waals surface area contributed by atoms with Crippen molar-refractivity contribution in [3.63, 3.8) is 0 Å². The number of hydrogen-bond acceptors (Lipinski definition) is 4. The minimum atomic E-state index is -4.30. The lowest BCUT2D eigenvalue weighted by atomic mass is 9.81. The van der Waals surface area contributed by atoms with Gasteiger partial charge in [0.25, 0.3) is 10.1 Å².